The molecule has 0 spiro atoms. The number of nitrogens with zero attached hydrogens (tertiary/aromatic N) is 2. The minimum atomic E-state index is -0.337. The number of aryl methyl sites for hydroxylation is 1. The van der Waals surface area contributed by atoms with Crippen molar-refractivity contribution in [1.82, 2.24) is 9.78 Å². The van der Waals surface area contributed by atoms with Gasteiger partial charge in [-0.15, -0.1) is 0 Å². The van der Waals surface area contributed by atoms with E-state index in [1.807, 2.05) is 38.1 Å². The second kappa shape index (κ2) is 6.54. The van der Waals surface area contributed by atoms with E-state index in [0.717, 1.165) is 11.3 Å². The first-order valence-electron chi connectivity index (χ1n) is 7.18. The summed E-state index contributed by atoms with van der Waals surface area (Å²) >= 11 is 0. The van der Waals surface area contributed by atoms with Gasteiger partial charge in [0.15, 0.2) is 0 Å². The maximum Gasteiger partial charge on any atom is 0.271 e. The lowest BCUT2D eigenvalue weighted by Gasteiger charge is -2.14. The van der Waals surface area contributed by atoms with E-state index in [1.165, 1.54) is 4.68 Å². The second-order valence-electron chi connectivity index (χ2n) is 4.82. The predicted octanol–water partition coefficient (Wildman–Crippen LogP) is 2.35. The van der Waals surface area contributed by atoms with Crippen LogP contribution in [-0.2, 0) is 6.54 Å². The molecule has 1 unspecified atom stereocenters. The van der Waals surface area contributed by atoms with E-state index < -0.39 is 0 Å². The molecule has 2 rings (SSSR count). The fourth-order valence-corrected chi connectivity index (χ4v) is 2.19. The molecule has 0 aliphatic heterocycles. The first-order valence-corrected chi connectivity index (χ1v) is 7.18. The van der Waals surface area contributed by atoms with Gasteiger partial charge in [0.2, 0.25) is 0 Å². The van der Waals surface area contributed by atoms with Crippen molar-refractivity contribution >= 4 is 0 Å². The number of ether oxygens (including phenoxy) is 1. The van der Waals surface area contributed by atoms with Gasteiger partial charge in [-0.25, -0.2) is 4.68 Å². The van der Waals surface area contributed by atoms with Gasteiger partial charge in [0.1, 0.15) is 5.75 Å². The van der Waals surface area contributed by atoms with Crippen LogP contribution in [0, 0.1) is 0 Å². The third-order valence-corrected chi connectivity index (χ3v) is 3.26. The molecule has 2 N–H and O–H groups in total. The average Bonchev–Trinajstić information content (AvgIpc) is 2.48. The van der Waals surface area contributed by atoms with Gasteiger partial charge >= 0.3 is 0 Å². The third kappa shape index (κ3) is 3.13. The summed E-state index contributed by atoms with van der Waals surface area (Å²) < 4.78 is 7.08. The molecule has 1 heterocycles. The quantitative estimate of drug-likeness (QED) is 0.916. The van der Waals surface area contributed by atoms with Crippen LogP contribution in [0.5, 0.6) is 5.75 Å². The smallest absolute Gasteiger partial charge is 0.271 e. The van der Waals surface area contributed by atoms with E-state index in [9.17, 15) is 4.79 Å². The summed E-state index contributed by atoms with van der Waals surface area (Å²) in [5.74, 6) is 0.754. The van der Waals surface area contributed by atoms with Crippen molar-refractivity contribution in [3.05, 3.63) is 46.2 Å². The van der Waals surface area contributed by atoms with Crippen molar-refractivity contribution in [1.29, 1.82) is 0 Å². The largest absolute Gasteiger partial charge is 0.493 e. The maximum atomic E-state index is 12.2. The van der Waals surface area contributed by atoms with E-state index >= 15 is 0 Å². The molecule has 5 heteroatoms. The van der Waals surface area contributed by atoms with Gasteiger partial charge < -0.3 is 10.5 Å². The Morgan fingerprint density at radius 3 is 2.67 bits per heavy atom. The first kappa shape index (κ1) is 15.3. The van der Waals surface area contributed by atoms with Crippen LogP contribution in [-0.4, -0.2) is 16.4 Å². The number of rotatable bonds is 5. The topological polar surface area (TPSA) is 70.1 Å². The average molecular weight is 287 g/mol. The van der Waals surface area contributed by atoms with Gasteiger partial charge in [0.05, 0.1) is 12.3 Å². The van der Waals surface area contributed by atoms with E-state index in [-0.39, 0.29) is 11.6 Å². The summed E-state index contributed by atoms with van der Waals surface area (Å²) in [4.78, 5) is 12.2. The van der Waals surface area contributed by atoms with Crippen LogP contribution in [0.4, 0.5) is 0 Å². The zero-order valence-corrected chi connectivity index (χ0v) is 12.7. The number of nitrogens with two attached hydrogens (primary N) is 1. The summed E-state index contributed by atoms with van der Waals surface area (Å²) in [6, 6.07) is 9.09. The molecule has 0 bridgehead atoms. The fraction of sp³-hybridized carbons (Fsp3) is 0.375. The molecule has 1 atom stereocenters. The molecule has 5 nitrogen and oxygen atoms in total. The summed E-state index contributed by atoms with van der Waals surface area (Å²) in [5, 5.41) is 4.42. The highest BCUT2D eigenvalue weighted by molar-refractivity contribution is 5.67. The Kier molecular flexibility index (Phi) is 4.75. The summed E-state index contributed by atoms with van der Waals surface area (Å²) in [6.07, 6.45) is 0. The number of hydrogen-bond acceptors (Lipinski definition) is 4. The Morgan fingerprint density at radius 1 is 1.33 bits per heavy atom. The molecule has 1 aromatic carbocycles. The summed E-state index contributed by atoms with van der Waals surface area (Å²) in [5.41, 5.74) is 7.90. The van der Waals surface area contributed by atoms with Crippen LogP contribution in [0.1, 0.15) is 32.4 Å². The molecule has 0 aliphatic rings. The lowest BCUT2D eigenvalue weighted by atomic mass is 10.1. The molecule has 0 radical (unpaired) electrons. The number of hydrogen-bond donors (Lipinski definition) is 1. The van der Waals surface area contributed by atoms with Gasteiger partial charge in [-0.05, 0) is 39.0 Å². The van der Waals surface area contributed by atoms with Crippen molar-refractivity contribution in [2.75, 3.05) is 6.61 Å². The lowest BCUT2D eigenvalue weighted by Crippen LogP contribution is -2.29. The predicted molar refractivity (Wildman–Crippen MR) is 83.4 cm³/mol. The highest BCUT2D eigenvalue weighted by Crippen LogP contribution is 2.28. The molecule has 0 amide bonds. The Bertz CT molecular complexity index is 677. The molecule has 112 valence electrons. The molecule has 21 heavy (non-hydrogen) atoms. The normalized spacial score (nSPS) is 12.2. The number of para-hydroxylation sites is 1. The Labute approximate surface area is 124 Å². The lowest BCUT2D eigenvalue weighted by molar-refractivity contribution is 0.341. The van der Waals surface area contributed by atoms with Crippen LogP contribution in [0.3, 0.4) is 0 Å². The number of benzene rings is 1. The molecule has 0 saturated carbocycles. The zero-order valence-electron chi connectivity index (χ0n) is 12.7. The van der Waals surface area contributed by atoms with Crippen molar-refractivity contribution < 1.29 is 4.74 Å². The Balaban J connectivity index is 2.64. The van der Waals surface area contributed by atoms with E-state index in [4.69, 9.17) is 10.5 Å². The van der Waals surface area contributed by atoms with Crippen molar-refractivity contribution in [2.24, 2.45) is 5.73 Å². The van der Waals surface area contributed by atoms with Gasteiger partial charge in [-0.2, -0.15) is 5.10 Å². The molecular weight excluding hydrogens is 266 g/mol. The van der Waals surface area contributed by atoms with E-state index in [0.29, 0.717) is 24.4 Å². The Hall–Kier alpha value is -2.14. The Morgan fingerprint density at radius 2 is 2.05 bits per heavy atom. The fourth-order valence-electron chi connectivity index (χ4n) is 2.19. The van der Waals surface area contributed by atoms with Crippen LogP contribution < -0.4 is 16.0 Å². The van der Waals surface area contributed by atoms with Gasteiger partial charge in [0, 0.05) is 23.7 Å². The molecular formula is C16H21N3O2. The zero-order chi connectivity index (χ0) is 15.4. The van der Waals surface area contributed by atoms with Gasteiger partial charge in [0.25, 0.3) is 5.56 Å². The molecule has 0 fully saturated rings. The molecule has 1 aromatic heterocycles. The molecule has 2 aromatic rings. The minimum absolute atomic E-state index is 0.134. The van der Waals surface area contributed by atoms with E-state index in [2.05, 4.69) is 5.10 Å². The van der Waals surface area contributed by atoms with Gasteiger partial charge in [-0.1, -0.05) is 12.1 Å². The van der Waals surface area contributed by atoms with Crippen molar-refractivity contribution in [3.8, 4) is 17.0 Å². The van der Waals surface area contributed by atoms with Crippen molar-refractivity contribution in [2.45, 2.75) is 33.4 Å². The standard InChI is InChI=1S/C16H21N3O2/c1-4-19-16(20)13(11(3)17)10-14(18-19)12-8-6-7-9-15(12)21-5-2/h6-11H,4-5,17H2,1-3H3. The second-order valence-corrected chi connectivity index (χ2v) is 4.82. The van der Waals surface area contributed by atoms with Gasteiger partial charge in [-0.3, -0.25) is 4.79 Å². The van der Waals surface area contributed by atoms with Crippen LogP contribution in [0.2, 0.25) is 0 Å². The monoisotopic (exact) mass is 287 g/mol. The SMILES string of the molecule is CCOc1ccccc1-c1cc(C(C)N)c(=O)n(CC)n1. The first-order chi connectivity index (χ1) is 10.1. The summed E-state index contributed by atoms with van der Waals surface area (Å²) in [7, 11) is 0. The molecule has 0 saturated heterocycles. The highest BCUT2D eigenvalue weighted by Gasteiger charge is 2.14. The third-order valence-electron chi connectivity index (χ3n) is 3.26. The van der Waals surface area contributed by atoms with E-state index in [1.54, 1.807) is 13.0 Å². The molecule has 0 aliphatic carbocycles. The highest BCUT2D eigenvalue weighted by atomic mass is 16.5. The van der Waals surface area contributed by atoms with Crippen LogP contribution in [0.25, 0.3) is 11.3 Å². The van der Waals surface area contributed by atoms with Crippen LogP contribution in [0.15, 0.2) is 35.1 Å². The maximum absolute atomic E-state index is 12.2. The number of aromatic nitrogens is 2. The van der Waals surface area contributed by atoms with Crippen molar-refractivity contribution in [3.63, 3.8) is 0 Å². The van der Waals surface area contributed by atoms with Crippen LogP contribution >= 0.6 is 0 Å². The summed E-state index contributed by atoms with van der Waals surface area (Å²) in [6.45, 7) is 6.70. The minimum Gasteiger partial charge on any atom is -0.493 e.